The number of benzene rings is 1. The van der Waals surface area contributed by atoms with Crippen LogP contribution in [-0.4, -0.2) is 22.4 Å². The molecule has 1 saturated carbocycles. The summed E-state index contributed by atoms with van der Waals surface area (Å²) in [4.78, 5) is 19.0. The third kappa shape index (κ3) is 11.8. The van der Waals surface area contributed by atoms with Gasteiger partial charge in [-0.1, -0.05) is 37.0 Å². The largest absolute Gasteiger partial charge is 0.465 e. The highest BCUT2D eigenvalue weighted by molar-refractivity contribution is 6.35. The van der Waals surface area contributed by atoms with Gasteiger partial charge in [0.2, 0.25) is 0 Å². The maximum absolute atomic E-state index is 10.2. The Balaban J connectivity index is 0.000000364. The van der Waals surface area contributed by atoms with Crippen molar-refractivity contribution in [3.63, 3.8) is 0 Å². The van der Waals surface area contributed by atoms with Gasteiger partial charge in [0.1, 0.15) is 0 Å². The van der Waals surface area contributed by atoms with E-state index in [2.05, 4.69) is 24.9 Å². The van der Waals surface area contributed by atoms with E-state index in [0.717, 1.165) is 11.8 Å². The SMILES string of the molecule is CC1CC1C.NC(=O)O.O=C(O)Nc1cc(Cl)cc(Cl)c1. The van der Waals surface area contributed by atoms with Crippen molar-refractivity contribution in [1.82, 2.24) is 0 Å². The van der Waals surface area contributed by atoms with Crippen LogP contribution in [0.2, 0.25) is 10.0 Å². The fraction of sp³-hybridized carbons (Fsp3) is 0.385. The van der Waals surface area contributed by atoms with Crippen LogP contribution in [0.1, 0.15) is 20.3 Å². The predicted molar refractivity (Wildman–Crippen MR) is 83.3 cm³/mol. The molecule has 0 aromatic heterocycles. The summed E-state index contributed by atoms with van der Waals surface area (Å²) in [5.74, 6) is 2.10. The topological polar surface area (TPSA) is 113 Å². The van der Waals surface area contributed by atoms with Gasteiger partial charge in [0, 0.05) is 15.7 Å². The van der Waals surface area contributed by atoms with E-state index in [1.54, 1.807) is 0 Å². The van der Waals surface area contributed by atoms with Gasteiger partial charge in [-0.25, -0.2) is 9.59 Å². The molecule has 6 nitrogen and oxygen atoms in total. The number of nitrogens with two attached hydrogens (primary N) is 1. The summed E-state index contributed by atoms with van der Waals surface area (Å²) in [6.45, 7) is 4.59. The van der Waals surface area contributed by atoms with Crippen LogP contribution < -0.4 is 11.1 Å². The summed E-state index contributed by atoms with van der Waals surface area (Å²) in [5, 5.41) is 18.5. The molecule has 1 aliphatic carbocycles. The zero-order valence-corrected chi connectivity index (χ0v) is 13.1. The van der Waals surface area contributed by atoms with Crippen LogP contribution in [0.15, 0.2) is 18.2 Å². The van der Waals surface area contributed by atoms with Crippen LogP contribution in [0.5, 0.6) is 0 Å². The molecule has 0 spiro atoms. The summed E-state index contributed by atoms with van der Waals surface area (Å²) < 4.78 is 0. The molecule has 118 valence electrons. The first-order chi connectivity index (χ1) is 9.61. The van der Waals surface area contributed by atoms with E-state index in [4.69, 9.17) is 38.2 Å². The Morgan fingerprint density at radius 1 is 1.14 bits per heavy atom. The summed E-state index contributed by atoms with van der Waals surface area (Å²) in [6.07, 6.45) is -1.01. The molecular weight excluding hydrogens is 319 g/mol. The van der Waals surface area contributed by atoms with Gasteiger partial charge in [0.05, 0.1) is 0 Å². The second-order valence-corrected chi connectivity index (χ2v) is 5.49. The summed E-state index contributed by atoms with van der Waals surface area (Å²) in [7, 11) is 0. The highest BCUT2D eigenvalue weighted by atomic mass is 35.5. The lowest BCUT2D eigenvalue weighted by Crippen LogP contribution is -2.06. The third-order valence-corrected chi connectivity index (χ3v) is 3.06. The van der Waals surface area contributed by atoms with Crippen LogP contribution in [0.3, 0.4) is 0 Å². The van der Waals surface area contributed by atoms with E-state index < -0.39 is 12.2 Å². The van der Waals surface area contributed by atoms with Crippen molar-refractivity contribution in [3.8, 4) is 0 Å². The lowest BCUT2D eigenvalue weighted by atomic mass is 10.3. The Hall–Kier alpha value is -1.66. The molecular formula is C13H18Cl2N2O4. The minimum absolute atomic E-state index is 0.361. The van der Waals surface area contributed by atoms with Gasteiger partial charge < -0.3 is 15.9 Å². The minimum atomic E-state index is -1.33. The van der Waals surface area contributed by atoms with Crippen molar-refractivity contribution in [2.24, 2.45) is 17.6 Å². The fourth-order valence-electron chi connectivity index (χ4n) is 1.26. The molecule has 0 radical (unpaired) electrons. The molecule has 21 heavy (non-hydrogen) atoms. The Morgan fingerprint density at radius 2 is 1.48 bits per heavy atom. The maximum atomic E-state index is 10.2. The van der Waals surface area contributed by atoms with E-state index in [1.807, 2.05) is 0 Å². The van der Waals surface area contributed by atoms with Crippen molar-refractivity contribution < 1.29 is 19.8 Å². The smallest absolute Gasteiger partial charge is 0.409 e. The van der Waals surface area contributed by atoms with E-state index in [1.165, 1.54) is 24.6 Å². The molecule has 2 rings (SSSR count). The minimum Gasteiger partial charge on any atom is -0.465 e. The van der Waals surface area contributed by atoms with Crippen molar-refractivity contribution in [1.29, 1.82) is 0 Å². The van der Waals surface area contributed by atoms with Gasteiger partial charge in [-0.15, -0.1) is 0 Å². The first-order valence-electron chi connectivity index (χ1n) is 6.06. The van der Waals surface area contributed by atoms with E-state index in [9.17, 15) is 4.79 Å². The third-order valence-electron chi connectivity index (χ3n) is 2.63. The van der Waals surface area contributed by atoms with Gasteiger partial charge in [-0.2, -0.15) is 0 Å². The zero-order valence-electron chi connectivity index (χ0n) is 11.6. The second kappa shape index (κ2) is 9.31. The molecule has 2 amide bonds. The Bertz CT molecular complexity index is 467. The number of anilines is 1. The number of hydrogen-bond donors (Lipinski definition) is 4. The van der Waals surface area contributed by atoms with Gasteiger partial charge >= 0.3 is 12.2 Å². The van der Waals surface area contributed by atoms with Gasteiger partial charge in [0.15, 0.2) is 0 Å². The molecule has 0 saturated heterocycles. The number of rotatable bonds is 1. The quantitative estimate of drug-likeness (QED) is 0.609. The van der Waals surface area contributed by atoms with E-state index >= 15 is 0 Å². The molecule has 1 fully saturated rings. The Labute approximate surface area is 132 Å². The van der Waals surface area contributed by atoms with Gasteiger partial charge in [-0.3, -0.25) is 5.32 Å². The normalized spacial score (nSPS) is 18.3. The number of nitrogens with one attached hydrogen (secondary N) is 1. The van der Waals surface area contributed by atoms with Crippen LogP contribution in [0.25, 0.3) is 0 Å². The molecule has 0 aliphatic heterocycles. The highest BCUT2D eigenvalue weighted by Crippen LogP contribution is 2.36. The molecule has 2 unspecified atom stereocenters. The van der Waals surface area contributed by atoms with Gasteiger partial charge in [0.25, 0.3) is 0 Å². The second-order valence-electron chi connectivity index (χ2n) is 4.62. The number of halogens is 2. The van der Waals surface area contributed by atoms with Crippen LogP contribution in [0.4, 0.5) is 15.3 Å². The molecule has 1 aliphatic rings. The summed E-state index contributed by atoms with van der Waals surface area (Å²) >= 11 is 11.2. The standard InChI is InChI=1S/C7H5Cl2NO2.C5H10.CH3NO2/c8-4-1-5(9)3-6(2-4)10-7(11)12;1-4-3-5(4)2;2-1(3)4/h1-3,10H,(H,11,12);4-5H,3H2,1-2H3;2H2,(H,3,4). The monoisotopic (exact) mass is 336 g/mol. The number of carbonyl (C=O) groups is 2. The molecule has 1 aromatic rings. The lowest BCUT2D eigenvalue weighted by molar-refractivity contribution is 0.205. The molecule has 8 heteroatoms. The Morgan fingerprint density at radius 3 is 1.71 bits per heavy atom. The van der Waals surface area contributed by atoms with Crippen molar-refractivity contribution >= 4 is 41.1 Å². The first kappa shape index (κ1) is 19.3. The molecule has 0 bridgehead atoms. The van der Waals surface area contributed by atoms with Crippen LogP contribution in [-0.2, 0) is 0 Å². The first-order valence-corrected chi connectivity index (χ1v) is 6.81. The summed E-state index contributed by atoms with van der Waals surface area (Å²) in [5.41, 5.74) is 4.39. The van der Waals surface area contributed by atoms with Crippen molar-refractivity contribution in [3.05, 3.63) is 28.2 Å². The zero-order chi connectivity index (χ0) is 16.6. The molecule has 1 aromatic carbocycles. The fourth-order valence-corrected chi connectivity index (χ4v) is 1.78. The van der Waals surface area contributed by atoms with Crippen LogP contribution >= 0.6 is 23.2 Å². The maximum Gasteiger partial charge on any atom is 0.409 e. The average molecular weight is 337 g/mol. The van der Waals surface area contributed by atoms with E-state index in [0.29, 0.717) is 15.7 Å². The van der Waals surface area contributed by atoms with E-state index in [-0.39, 0.29) is 0 Å². The highest BCUT2D eigenvalue weighted by Gasteiger charge is 2.26. The number of carboxylic acid groups (broad SMARTS) is 2. The molecule has 5 N–H and O–H groups in total. The number of primary amides is 1. The average Bonchev–Trinajstić information content (AvgIpc) is 2.88. The van der Waals surface area contributed by atoms with Crippen molar-refractivity contribution in [2.75, 3.05) is 5.32 Å². The lowest BCUT2D eigenvalue weighted by Gasteiger charge is -2.01. The van der Waals surface area contributed by atoms with Crippen molar-refractivity contribution in [2.45, 2.75) is 20.3 Å². The summed E-state index contributed by atoms with van der Waals surface area (Å²) in [6, 6.07) is 4.47. The molecule has 0 heterocycles. The van der Waals surface area contributed by atoms with Gasteiger partial charge in [-0.05, 0) is 36.5 Å². The number of hydrogen-bond acceptors (Lipinski definition) is 2. The Kier molecular flexibility index (Phi) is 8.57. The van der Waals surface area contributed by atoms with Crippen LogP contribution in [0, 0.1) is 11.8 Å². The number of amides is 2. The molecule has 2 atom stereocenters. The predicted octanol–water partition coefficient (Wildman–Crippen LogP) is 4.37.